The van der Waals surface area contributed by atoms with Gasteiger partial charge in [-0.15, -0.1) is 11.3 Å². The normalized spacial score (nSPS) is 11.3. The molecule has 0 saturated carbocycles. The number of rotatable bonds is 2. The summed E-state index contributed by atoms with van der Waals surface area (Å²) in [5.74, 6) is 0.820. The van der Waals surface area contributed by atoms with Crippen LogP contribution < -0.4 is 0 Å². The fourth-order valence-corrected chi connectivity index (χ4v) is 3.61. The number of aryl methyl sites for hydroxylation is 2. The van der Waals surface area contributed by atoms with Crippen LogP contribution in [0.2, 0.25) is 10.3 Å². The second kappa shape index (κ2) is 5.16. The molecule has 0 N–H and O–H groups in total. The number of aromatic nitrogens is 2. The van der Waals surface area contributed by atoms with Crippen LogP contribution in [0.1, 0.15) is 35.1 Å². The summed E-state index contributed by atoms with van der Waals surface area (Å²) in [4.78, 5) is 11.2. The van der Waals surface area contributed by atoms with Crippen LogP contribution >= 0.6 is 34.5 Å². The predicted molar refractivity (Wildman–Crippen MR) is 78.9 cm³/mol. The zero-order valence-electron chi connectivity index (χ0n) is 10.7. The van der Waals surface area contributed by atoms with Crippen molar-refractivity contribution in [3.63, 3.8) is 0 Å². The Kier molecular flexibility index (Phi) is 3.95. The highest BCUT2D eigenvalue weighted by Gasteiger charge is 2.17. The Balaban J connectivity index is 2.58. The van der Waals surface area contributed by atoms with Crippen molar-refractivity contribution in [2.45, 2.75) is 33.6 Å². The number of halogens is 2. The van der Waals surface area contributed by atoms with Crippen molar-refractivity contribution >= 4 is 34.5 Å². The lowest BCUT2D eigenvalue weighted by atomic mass is 10.1. The summed E-state index contributed by atoms with van der Waals surface area (Å²) in [6, 6.07) is 2.07. The Labute approximate surface area is 121 Å². The number of thiophene rings is 1. The van der Waals surface area contributed by atoms with Crippen LogP contribution in [0.5, 0.6) is 0 Å². The first kappa shape index (κ1) is 13.8. The van der Waals surface area contributed by atoms with E-state index in [1.807, 2.05) is 13.8 Å². The molecule has 2 aromatic heterocycles. The first-order chi connectivity index (χ1) is 8.40. The van der Waals surface area contributed by atoms with Gasteiger partial charge in [-0.25, -0.2) is 9.97 Å². The molecule has 0 aliphatic carbocycles. The topological polar surface area (TPSA) is 25.8 Å². The quantitative estimate of drug-likeness (QED) is 0.708. The molecule has 0 aromatic carbocycles. The molecule has 0 unspecified atom stereocenters. The Morgan fingerprint density at radius 2 is 1.67 bits per heavy atom. The summed E-state index contributed by atoms with van der Waals surface area (Å²) in [7, 11) is 0. The highest BCUT2D eigenvalue weighted by atomic mass is 35.5. The van der Waals surface area contributed by atoms with Crippen molar-refractivity contribution in [1.29, 1.82) is 0 Å². The maximum Gasteiger partial charge on any atom is 0.163 e. The molecule has 0 amide bonds. The lowest BCUT2D eigenvalue weighted by molar-refractivity contribution is 0.848. The Morgan fingerprint density at radius 3 is 2.06 bits per heavy atom. The lowest BCUT2D eigenvalue weighted by Gasteiger charge is -2.10. The molecule has 96 valence electrons. The second-order valence-electron chi connectivity index (χ2n) is 4.52. The molecule has 0 radical (unpaired) electrons. The van der Waals surface area contributed by atoms with Gasteiger partial charge in [-0.05, 0) is 25.8 Å². The molecule has 0 aliphatic heterocycles. The molecule has 0 bridgehead atoms. The lowest BCUT2D eigenvalue weighted by Crippen LogP contribution is -1.99. The molecule has 0 aliphatic rings. The smallest absolute Gasteiger partial charge is 0.163 e. The molecule has 2 aromatic rings. The van der Waals surface area contributed by atoms with Crippen molar-refractivity contribution in [2.24, 2.45) is 0 Å². The standard InChI is InChI=1S/C13H14Cl2N2S/c1-6(2)10-11(14)16-13(17-12(10)15)9-5-7(3)18-8(9)4/h5-6H,1-4H3. The molecule has 0 fully saturated rings. The summed E-state index contributed by atoms with van der Waals surface area (Å²) < 4.78 is 0. The second-order valence-corrected chi connectivity index (χ2v) is 6.70. The van der Waals surface area contributed by atoms with Crippen LogP contribution in [-0.2, 0) is 0 Å². The SMILES string of the molecule is Cc1cc(-c2nc(Cl)c(C(C)C)c(Cl)n2)c(C)s1. The third-order valence-electron chi connectivity index (χ3n) is 2.71. The number of hydrogen-bond donors (Lipinski definition) is 0. The average molecular weight is 301 g/mol. The van der Waals surface area contributed by atoms with Crippen LogP contribution in [0.4, 0.5) is 0 Å². The highest BCUT2D eigenvalue weighted by Crippen LogP contribution is 2.34. The van der Waals surface area contributed by atoms with Gasteiger partial charge < -0.3 is 0 Å². The van der Waals surface area contributed by atoms with E-state index in [-0.39, 0.29) is 5.92 Å². The third-order valence-corrected chi connectivity index (χ3v) is 4.25. The van der Waals surface area contributed by atoms with Gasteiger partial charge in [0, 0.05) is 20.9 Å². The minimum Gasteiger partial charge on any atom is -0.216 e. The minimum absolute atomic E-state index is 0.212. The van der Waals surface area contributed by atoms with Crippen molar-refractivity contribution in [2.75, 3.05) is 0 Å². The highest BCUT2D eigenvalue weighted by molar-refractivity contribution is 7.12. The molecular formula is C13H14Cl2N2S. The maximum atomic E-state index is 6.21. The number of hydrogen-bond acceptors (Lipinski definition) is 3. The predicted octanol–water partition coefficient (Wildman–Crippen LogP) is 5.25. The van der Waals surface area contributed by atoms with E-state index in [2.05, 4.69) is 29.9 Å². The molecule has 2 heterocycles. The summed E-state index contributed by atoms with van der Waals surface area (Å²) in [5.41, 5.74) is 1.82. The van der Waals surface area contributed by atoms with Gasteiger partial charge in [-0.1, -0.05) is 37.0 Å². The van der Waals surface area contributed by atoms with Gasteiger partial charge in [0.05, 0.1) is 0 Å². The van der Waals surface area contributed by atoms with Crippen LogP contribution in [0, 0.1) is 13.8 Å². The molecule has 2 nitrogen and oxygen atoms in total. The monoisotopic (exact) mass is 300 g/mol. The van der Waals surface area contributed by atoms with Crippen LogP contribution in [0.3, 0.4) is 0 Å². The largest absolute Gasteiger partial charge is 0.216 e. The van der Waals surface area contributed by atoms with Gasteiger partial charge in [0.15, 0.2) is 5.82 Å². The van der Waals surface area contributed by atoms with Crippen molar-refractivity contribution in [3.8, 4) is 11.4 Å². The maximum absolute atomic E-state index is 6.21. The van der Waals surface area contributed by atoms with Gasteiger partial charge in [0.25, 0.3) is 0 Å². The molecule has 2 rings (SSSR count). The summed E-state index contributed by atoms with van der Waals surface area (Å²) in [5, 5.41) is 0.895. The summed E-state index contributed by atoms with van der Waals surface area (Å²) in [6.07, 6.45) is 0. The van der Waals surface area contributed by atoms with E-state index in [4.69, 9.17) is 23.2 Å². The fourth-order valence-electron chi connectivity index (χ4n) is 1.87. The van der Waals surface area contributed by atoms with Crippen LogP contribution in [0.15, 0.2) is 6.07 Å². The van der Waals surface area contributed by atoms with E-state index >= 15 is 0 Å². The fraction of sp³-hybridized carbons (Fsp3) is 0.385. The summed E-state index contributed by atoms with van der Waals surface area (Å²) >= 11 is 14.1. The van der Waals surface area contributed by atoms with Crippen molar-refractivity contribution < 1.29 is 0 Å². The summed E-state index contributed by atoms with van der Waals surface area (Å²) in [6.45, 7) is 8.16. The minimum atomic E-state index is 0.212. The van der Waals surface area contributed by atoms with Crippen LogP contribution in [-0.4, -0.2) is 9.97 Å². The molecule has 0 atom stereocenters. The van der Waals surface area contributed by atoms with E-state index in [1.54, 1.807) is 11.3 Å². The Morgan fingerprint density at radius 1 is 1.11 bits per heavy atom. The van der Waals surface area contributed by atoms with E-state index in [1.165, 1.54) is 9.75 Å². The van der Waals surface area contributed by atoms with Gasteiger partial charge in [0.2, 0.25) is 0 Å². The van der Waals surface area contributed by atoms with E-state index in [0.29, 0.717) is 16.1 Å². The van der Waals surface area contributed by atoms with Crippen molar-refractivity contribution in [3.05, 3.63) is 31.7 Å². The van der Waals surface area contributed by atoms with Crippen molar-refractivity contribution in [1.82, 2.24) is 9.97 Å². The zero-order chi connectivity index (χ0) is 13.4. The average Bonchev–Trinajstić information content (AvgIpc) is 2.56. The van der Waals surface area contributed by atoms with E-state index < -0.39 is 0 Å². The van der Waals surface area contributed by atoms with E-state index in [9.17, 15) is 0 Å². The third kappa shape index (κ3) is 2.53. The van der Waals surface area contributed by atoms with E-state index in [0.717, 1.165) is 11.1 Å². The Hall–Kier alpha value is -0.640. The first-order valence-electron chi connectivity index (χ1n) is 5.70. The molecular weight excluding hydrogens is 287 g/mol. The molecule has 18 heavy (non-hydrogen) atoms. The molecule has 0 saturated heterocycles. The van der Waals surface area contributed by atoms with Gasteiger partial charge in [-0.3, -0.25) is 0 Å². The van der Waals surface area contributed by atoms with Gasteiger partial charge in [0.1, 0.15) is 10.3 Å². The van der Waals surface area contributed by atoms with Gasteiger partial charge in [-0.2, -0.15) is 0 Å². The Bertz CT molecular complexity index is 568. The molecule has 5 heteroatoms. The first-order valence-corrected chi connectivity index (χ1v) is 7.27. The molecule has 0 spiro atoms. The van der Waals surface area contributed by atoms with Gasteiger partial charge >= 0.3 is 0 Å². The number of nitrogens with zero attached hydrogens (tertiary/aromatic N) is 2. The van der Waals surface area contributed by atoms with Crippen LogP contribution in [0.25, 0.3) is 11.4 Å². The zero-order valence-corrected chi connectivity index (χ0v) is 13.0.